The van der Waals surface area contributed by atoms with E-state index in [-0.39, 0.29) is 30.8 Å². The van der Waals surface area contributed by atoms with Gasteiger partial charge in [0.1, 0.15) is 0 Å². The highest BCUT2D eigenvalue weighted by Gasteiger charge is 2.09. The molecular formula is C16H18ClN3O2. The Morgan fingerprint density at radius 1 is 1.05 bits per heavy atom. The lowest BCUT2D eigenvalue weighted by Gasteiger charge is -2.06. The number of anilines is 2. The topological polar surface area (TPSA) is 62.1 Å². The Kier molecular flexibility index (Phi) is 6.53. The zero-order valence-corrected chi connectivity index (χ0v) is 13.2. The van der Waals surface area contributed by atoms with Crippen molar-refractivity contribution in [2.24, 2.45) is 0 Å². The summed E-state index contributed by atoms with van der Waals surface area (Å²) in [6, 6.07) is 10.9. The first-order chi connectivity index (χ1) is 10.0. The van der Waals surface area contributed by atoms with E-state index >= 15 is 0 Å². The quantitative estimate of drug-likeness (QED) is 0.702. The molecule has 0 bridgehead atoms. The number of carbonyl (C=O) groups excluding carboxylic acids is 2. The number of carbonyl (C=O) groups is 2. The van der Waals surface area contributed by atoms with Crippen LogP contribution in [0.4, 0.5) is 11.4 Å². The van der Waals surface area contributed by atoms with E-state index in [0.717, 1.165) is 5.56 Å². The lowest BCUT2D eigenvalue weighted by atomic mass is 10.2. The van der Waals surface area contributed by atoms with Gasteiger partial charge in [-0.05, 0) is 30.7 Å². The van der Waals surface area contributed by atoms with Gasteiger partial charge in [-0.2, -0.15) is 4.57 Å². The van der Waals surface area contributed by atoms with Gasteiger partial charge >= 0.3 is 0 Å². The Bertz CT molecular complexity index is 657. The van der Waals surface area contributed by atoms with Crippen molar-refractivity contribution in [2.75, 3.05) is 10.6 Å². The first kappa shape index (κ1) is 17.7. The summed E-state index contributed by atoms with van der Waals surface area (Å²) in [5.74, 6) is -0.266. The largest absolute Gasteiger partial charge is 1.00 e. The Balaban J connectivity index is 0.00000242. The average molecular weight is 320 g/mol. The molecule has 0 atom stereocenters. The smallest absolute Gasteiger partial charge is 0.290 e. The highest BCUT2D eigenvalue weighted by atomic mass is 35.5. The molecule has 1 aromatic carbocycles. The minimum Gasteiger partial charge on any atom is -1.00 e. The van der Waals surface area contributed by atoms with Gasteiger partial charge in [0.2, 0.25) is 12.5 Å². The van der Waals surface area contributed by atoms with Gasteiger partial charge in [0.25, 0.3) is 5.91 Å². The molecule has 5 nitrogen and oxygen atoms in total. The molecule has 0 saturated carbocycles. The summed E-state index contributed by atoms with van der Waals surface area (Å²) in [5.41, 5.74) is 2.46. The maximum atomic E-state index is 12.0. The molecule has 6 heteroatoms. The van der Waals surface area contributed by atoms with Crippen LogP contribution in [0.2, 0.25) is 0 Å². The Labute approximate surface area is 135 Å². The van der Waals surface area contributed by atoms with Gasteiger partial charge in [0.15, 0.2) is 12.4 Å². The molecule has 0 fully saturated rings. The maximum Gasteiger partial charge on any atom is 0.290 e. The fourth-order valence-electron chi connectivity index (χ4n) is 1.88. The third-order valence-corrected chi connectivity index (χ3v) is 2.85. The van der Waals surface area contributed by atoms with Crippen molar-refractivity contribution in [1.29, 1.82) is 0 Å². The highest BCUT2D eigenvalue weighted by Crippen LogP contribution is 2.14. The van der Waals surface area contributed by atoms with Crippen molar-refractivity contribution in [3.8, 4) is 0 Å². The molecule has 2 rings (SSSR count). The Morgan fingerprint density at radius 3 is 2.23 bits per heavy atom. The monoisotopic (exact) mass is 319 g/mol. The summed E-state index contributed by atoms with van der Waals surface area (Å²) in [6.07, 6.45) is 3.73. The van der Waals surface area contributed by atoms with Crippen LogP contribution < -0.4 is 27.6 Å². The number of hydrogen-bond acceptors (Lipinski definition) is 2. The van der Waals surface area contributed by atoms with Gasteiger partial charge in [0, 0.05) is 30.4 Å². The number of aromatic nitrogens is 1. The number of aryl methyl sites for hydroxylation is 1. The van der Waals surface area contributed by atoms with E-state index in [1.165, 1.54) is 6.92 Å². The van der Waals surface area contributed by atoms with Gasteiger partial charge in [-0.15, -0.1) is 0 Å². The first-order valence-corrected chi connectivity index (χ1v) is 6.66. The number of amides is 2. The molecule has 0 unspecified atom stereocenters. The minimum absolute atomic E-state index is 0. The Hall–Kier alpha value is -2.40. The minimum atomic E-state index is -0.145. The summed E-state index contributed by atoms with van der Waals surface area (Å²) in [6.45, 7) is 3.68. The van der Waals surface area contributed by atoms with E-state index in [9.17, 15) is 9.59 Å². The molecule has 0 spiro atoms. The molecule has 1 aromatic heterocycles. The number of nitrogens with zero attached hydrogens (tertiary/aromatic N) is 1. The summed E-state index contributed by atoms with van der Waals surface area (Å²) in [7, 11) is 0. The van der Waals surface area contributed by atoms with Crippen LogP contribution in [-0.2, 0) is 16.1 Å². The van der Waals surface area contributed by atoms with Gasteiger partial charge in [-0.1, -0.05) is 6.07 Å². The van der Waals surface area contributed by atoms with Gasteiger partial charge in [-0.25, -0.2) is 0 Å². The third-order valence-electron chi connectivity index (χ3n) is 2.85. The van der Waals surface area contributed by atoms with E-state index in [0.29, 0.717) is 11.4 Å². The predicted octanol–water partition coefficient (Wildman–Crippen LogP) is -1.12. The molecule has 0 radical (unpaired) electrons. The van der Waals surface area contributed by atoms with Crippen LogP contribution in [0.3, 0.4) is 0 Å². The van der Waals surface area contributed by atoms with Crippen LogP contribution in [0.25, 0.3) is 0 Å². The van der Waals surface area contributed by atoms with Crippen LogP contribution in [0.5, 0.6) is 0 Å². The molecule has 2 aromatic rings. The molecule has 22 heavy (non-hydrogen) atoms. The fourth-order valence-corrected chi connectivity index (χ4v) is 1.88. The maximum absolute atomic E-state index is 12.0. The zero-order valence-electron chi connectivity index (χ0n) is 12.5. The van der Waals surface area contributed by atoms with Gasteiger partial charge < -0.3 is 23.0 Å². The van der Waals surface area contributed by atoms with Crippen LogP contribution in [0, 0.1) is 6.92 Å². The van der Waals surface area contributed by atoms with Crippen LogP contribution in [0.1, 0.15) is 12.5 Å². The summed E-state index contributed by atoms with van der Waals surface area (Å²) >= 11 is 0. The van der Waals surface area contributed by atoms with E-state index in [1.54, 1.807) is 28.8 Å². The number of nitrogens with one attached hydrogen (secondary N) is 2. The molecule has 2 N–H and O–H groups in total. The van der Waals surface area contributed by atoms with Crippen molar-refractivity contribution in [3.63, 3.8) is 0 Å². The molecule has 0 aliphatic heterocycles. The number of hydrogen-bond donors (Lipinski definition) is 2. The second-order valence-corrected chi connectivity index (χ2v) is 4.86. The van der Waals surface area contributed by atoms with Crippen molar-refractivity contribution >= 4 is 23.2 Å². The van der Waals surface area contributed by atoms with Gasteiger partial charge in [-0.3, -0.25) is 9.59 Å². The van der Waals surface area contributed by atoms with Crippen molar-refractivity contribution < 1.29 is 26.6 Å². The molecule has 1 heterocycles. The van der Waals surface area contributed by atoms with Crippen molar-refractivity contribution in [3.05, 3.63) is 54.4 Å². The molecule has 0 saturated heterocycles. The third kappa shape index (κ3) is 5.54. The zero-order chi connectivity index (χ0) is 15.2. The number of rotatable bonds is 4. The summed E-state index contributed by atoms with van der Waals surface area (Å²) < 4.78 is 1.81. The standard InChI is InChI=1S/C16H17N3O2.ClH/c1-12-6-8-19(9-7-12)11-16(21)18-15-5-3-4-14(10-15)17-13(2)20;/h3-10H,11H2,1-2H3,(H-,17,18,20,21);1H. The second-order valence-electron chi connectivity index (χ2n) is 4.86. The summed E-state index contributed by atoms with van der Waals surface area (Å²) in [5, 5.41) is 5.49. The van der Waals surface area contributed by atoms with E-state index in [2.05, 4.69) is 10.6 Å². The lowest BCUT2D eigenvalue weighted by molar-refractivity contribution is -0.684. The number of halogens is 1. The average Bonchev–Trinajstić information content (AvgIpc) is 2.41. The molecule has 0 aliphatic rings. The lowest BCUT2D eigenvalue weighted by Crippen LogP contribution is -3.00. The molecule has 2 amide bonds. The molecule has 0 aliphatic carbocycles. The summed E-state index contributed by atoms with van der Waals surface area (Å²) in [4.78, 5) is 23.0. The van der Waals surface area contributed by atoms with Crippen molar-refractivity contribution in [2.45, 2.75) is 20.4 Å². The normalized spacial score (nSPS) is 9.55. The predicted molar refractivity (Wildman–Crippen MR) is 80.7 cm³/mol. The number of benzene rings is 1. The van der Waals surface area contributed by atoms with E-state index in [1.807, 2.05) is 31.5 Å². The van der Waals surface area contributed by atoms with Crippen LogP contribution in [0.15, 0.2) is 48.8 Å². The van der Waals surface area contributed by atoms with Gasteiger partial charge in [0.05, 0.1) is 0 Å². The van der Waals surface area contributed by atoms with E-state index in [4.69, 9.17) is 0 Å². The molecular weight excluding hydrogens is 302 g/mol. The van der Waals surface area contributed by atoms with E-state index < -0.39 is 0 Å². The fraction of sp³-hybridized carbons (Fsp3) is 0.188. The van der Waals surface area contributed by atoms with Crippen molar-refractivity contribution in [1.82, 2.24) is 0 Å². The SMILES string of the molecule is CC(=O)Nc1cccc(NC(=O)C[n+]2ccc(C)cc2)c1.[Cl-]. The second kappa shape index (κ2) is 8.14. The number of pyridine rings is 1. The Morgan fingerprint density at radius 2 is 1.64 bits per heavy atom. The first-order valence-electron chi connectivity index (χ1n) is 6.66. The highest BCUT2D eigenvalue weighted by molar-refractivity contribution is 5.92. The van der Waals surface area contributed by atoms with Crippen LogP contribution >= 0.6 is 0 Å². The van der Waals surface area contributed by atoms with Crippen LogP contribution in [-0.4, -0.2) is 11.8 Å². The molecule has 116 valence electrons.